The average molecular weight is 193 g/mol. The number of amides is 1. The molecule has 0 aliphatic carbocycles. The van der Waals surface area contributed by atoms with Gasteiger partial charge in [0.15, 0.2) is 5.11 Å². The molecule has 5 heteroatoms. The molecule has 0 radical (unpaired) electrons. The van der Waals surface area contributed by atoms with Crippen molar-refractivity contribution in [1.82, 2.24) is 10.2 Å². The zero-order valence-electron chi connectivity index (χ0n) is 6.30. The van der Waals surface area contributed by atoms with Gasteiger partial charge in [0.1, 0.15) is 0 Å². The Labute approximate surface area is 75.7 Å². The Hall–Kier alpha value is -0.350. The van der Waals surface area contributed by atoms with Crippen LogP contribution in [0.25, 0.3) is 0 Å². The average Bonchev–Trinajstić information content (AvgIpc) is 2.07. The molecule has 0 aromatic heterocycles. The largest absolute Gasteiger partial charge is 0.358 e. The van der Waals surface area contributed by atoms with E-state index in [0.717, 1.165) is 0 Å². The molecule has 1 saturated heterocycles. The molecular weight excluding hydrogens is 184 g/mol. The van der Waals surface area contributed by atoms with Gasteiger partial charge in [-0.3, -0.25) is 9.69 Å². The van der Waals surface area contributed by atoms with E-state index in [4.69, 9.17) is 23.8 Å². The molecule has 2 atom stereocenters. The number of nitrogens with zero attached hydrogens (tertiary/aromatic N) is 1. The van der Waals surface area contributed by atoms with Gasteiger partial charge in [0.25, 0.3) is 0 Å². The highest BCUT2D eigenvalue weighted by Gasteiger charge is 2.34. The summed E-state index contributed by atoms with van der Waals surface area (Å²) in [4.78, 5) is 12.2. The van der Waals surface area contributed by atoms with Gasteiger partial charge in [-0.1, -0.05) is 0 Å². The minimum atomic E-state index is -0.514. The van der Waals surface area contributed by atoms with Crippen LogP contribution in [0.3, 0.4) is 0 Å². The third-order valence-electron chi connectivity index (χ3n) is 1.89. The van der Waals surface area contributed by atoms with Crippen molar-refractivity contribution in [2.24, 2.45) is 0 Å². The first-order valence-electron chi connectivity index (χ1n) is 3.33. The van der Waals surface area contributed by atoms with E-state index in [0.29, 0.717) is 5.11 Å². The minimum Gasteiger partial charge on any atom is -0.358 e. The Morgan fingerprint density at radius 2 is 2.27 bits per heavy atom. The van der Waals surface area contributed by atoms with Crippen LogP contribution in [0.2, 0.25) is 0 Å². The topological polar surface area (TPSA) is 32.3 Å². The van der Waals surface area contributed by atoms with Crippen LogP contribution in [0.1, 0.15) is 13.8 Å². The molecule has 1 heterocycles. The van der Waals surface area contributed by atoms with Gasteiger partial charge in [0, 0.05) is 6.04 Å². The lowest BCUT2D eigenvalue weighted by Gasteiger charge is -2.16. The summed E-state index contributed by atoms with van der Waals surface area (Å²) in [6, 6.07) is 0.234. The molecule has 0 saturated carbocycles. The Bertz CT molecular complexity index is 209. The number of hydrogen-bond donors (Lipinski definition) is 1. The van der Waals surface area contributed by atoms with Gasteiger partial charge in [-0.15, -0.1) is 0 Å². The highest BCUT2D eigenvalue weighted by Crippen LogP contribution is 2.14. The van der Waals surface area contributed by atoms with Crippen molar-refractivity contribution < 1.29 is 4.79 Å². The summed E-state index contributed by atoms with van der Waals surface area (Å²) >= 11 is 10.2. The van der Waals surface area contributed by atoms with Crippen LogP contribution in [-0.4, -0.2) is 27.5 Å². The molecule has 1 amide bonds. The predicted octanol–water partition coefficient (Wildman–Crippen LogP) is 1.31. The van der Waals surface area contributed by atoms with Crippen LogP contribution in [-0.2, 0) is 0 Å². The third-order valence-corrected chi connectivity index (χ3v) is 2.39. The number of nitrogens with one attached hydrogen (secondary N) is 1. The van der Waals surface area contributed by atoms with Crippen molar-refractivity contribution in [2.45, 2.75) is 25.9 Å². The SMILES string of the molecule is CC1NC(=S)N(C(=O)Cl)C1C. The zero-order valence-corrected chi connectivity index (χ0v) is 7.87. The Morgan fingerprint density at radius 3 is 2.45 bits per heavy atom. The molecule has 3 nitrogen and oxygen atoms in total. The lowest BCUT2D eigenvalue weighted by atomic mass is 10.2. The summed E-state index contributed by atoms with van der Waals surface area (Å²) in [6.07, 6.45) is 0. The molecule has 0 aromatic rings. The van der Waals surface area contributed by atoms with E-state index in [2.05, 4.69) is 5.32 Å². The van der Waals surface area contributed by atoms with Gasteiger partial charge in [-0.05, 0) is 37.7 Å². The van der Waals surface area contributed by atoms with E-state index in [1.807, 2.05) is 13.8 Å². The van der Waals surface area contributed by atoms with E-state index in [-0.39, 0.29) is 12.1 Å². The summed E-state index contributed by atoms with van der Waals surface area (Å²) in [5.74, 6) is 0. The Kier molecular flexibility index (Phi) is 2.34. The normalized spacial score (nSPS) is 30.5. The quantitative estimate of drug-likeness (QED) is 0.357. The van der Waals surface area contributed by atoms with Crippen LogP contribution in [0.5, 0.6) is 0 Å². The first-order valence-corrected chi connectivity index (χ1v) is 4.12. The highest BCUT2D eigenvalue weighted by molar-refractivity contribution is 7.80. The van der Waals surface area contributed by atoms with Gasteiger partial charge in [-0.2, -0.15) is 0 Å². The summed E-state index contributed by atoms with van der Waals surface area (Å²) in [7, 11) is 0. The Balaban J connectivity index is 2.79. The first kappa shape index (κ1) is 8.74. The van der Waals surface area contributed by atoms with Crippen molar-refractivity contribution in [2.75, 3.05) is 0 Å². The molecular formula is C6H9ClN2OS. The van der Waals surface area contributed by atoms with E-state index in [1.54, 1.807) is 0 Å². The van der Waals surface area contributed by atoms with Gasteiger partial charge >= 0.3 is 5.37 Å². The molecule has 11 heavy (non-hydrogen) atoms. The van der Waals surface area contributed by atoms with Crippen LogP contribution in [0, 0.1) is 0 Å². The fourth-order valence-electron chi connectivity index (χ4n) is 1.03. The van der Waals surface area contributed by atoms with Crippen LogP contribution in [0.4, 0.5) is 4.79 Å². The summed E-state index contributed by atoms with van der Waals surface area (Å²) < 4.78 is 0. The van der Waals surface area contributed by atoms with Crippen LogP contribution >= 0.6 is 23.8 Å². The fourth-order valence-corrected chi connectivity index (χ4v) is 1.76. The first-order chi connectivity index (χ1) is 5.04. The second-order valence-corrected chi connectivity index (χ2v) is 3.31. The maximum absolute atomic E-state index is 10.8. The number of thiocarbonyl (C=S) groups is 1. The Morgan fingerprint density at radius 1 is 1.73 bits per heavy atom. The number of hydrogen-bond acceptors (Lipinski definition) is 2. The monoisotopic (exact) mass is 192 g/mol. The molecule has 1 fully saturated rings. The molecule has 0 spiro atoms. The predicted molar refractivity (Wildman–Crippen MR) is 47.7 cm³/mol. The second kappa shape index (κ2) is 2.95. The second-order valence-electron chi connectivity index (χ2n) is 2.60. The van der Waals surface area contributed by atoms with E-state index >= 15 is 0 Å². The van der Waals surface area contributed by atoms with Gasteiger partial charge in [-0.25, -0.2) is 0 Å². The maximum Gasteiger partial charge on any atom is 0.322 e. The number of rotatable bonds is 0. The number of halogens is 1. The van der Waals surface area contributed by atoms with Gasteiger partial charge in [0.05, 0.1) is 6.04 Å². The highest BCUT2D eigenvalue weighted by atomic mass is 35.5. The maximum atomic E-state index is 10.8. The smallest absolute Gasteiger partial charge is 0.322 e. The van der Waals surface area contributed by atoms with E-state index < -0.39 is 5.37 Å². The molecule has 2 unspecified atom stereocenters. The fraction of sp³-hybridized carbons (Fsp3) is 0.667. The molecule has 62 valence electrons. The zero-order chi connectivity index (χ0) is 8.59. The summed E-state index contributed by atoms with van der Waals surface area (Å²) in [6.45, 7) is 3.86. The van der Waals surface area contributed by atoms with Crippen molar-refractivity contribution in [1.29, 1.82) is 0 Å². The number of carbonyl (C=O) groups is 1. The lowest BCUT2D eigenvalue weighted by Crippen LogP contribution is -2.35. The lowest BCUT2D eigenvalue weighted by molar-refractivity contribution is 0.236. The summed E-state index contributed by atoms with van der Waals surface area (Å²) in [5, 5.41) is 2.86. The summed E-state index contributed by atoms with van der Waals surface area (Å²) in [5.41, 5.74) is 0. The van der Waals surface area contributed by atoms with Crippen molar-refractivity contribution >= 4 is 34.3 Å². The van der Waals surface area contributed by atoms with Crippen LogP contribution < -0.4 is 5.32 Å². The van der Waals surface area contributed by atoms with Gasteiger partial charge in [0.2, 0.25) is 0 Å². The molecule has 1 aliphatic heterocycles. The molecule has 0 aromatic carbocycles. The third kappa shape index (κ3) is 1.46. The van der Waals surface area contributed by atoms with Crippen molar-refractivity contribution in [3.8, 4) is 0 Å². The van der Waals surface area contributed by atoms with Gasteiger partial charge < -0.3 is 5.32 Å². The molecule has 1 N–H and O–H groups in total. The molecule has 1 rings (SSSR count). The van der Waals surface area contributed by atoms with Crippen molar-refractivity contribution in [3.63, 3.8) is 0 Å². The standard InChI is InChI=1S/C6H9ClN2OS/c1-3-4(2)9(5(7)10)6(11)8-3/h3-4H,1-2H3,(H,8,11). The van der Waals surface area contributed by atoms with E-state index in [9.17, 15) is 4.79 Å². The molecule has 0 bridgehead atoms. The van der Waals surface area contributed by atoms with Crippen molar-refractivity contribution in [3.05, 3.63) is 0 Å². The number of carbonyl (C=O) groups excluding carboxylic acids is 1. The molecule has 1 aliphatic rings. The van der Waals surface area contributed by atoms with Crippen LogP contribution in [0.15, 0.2) is 0 Å². The van der Waals surface area contributed by atoms with E-state index in [1.165, 1.54) is 4.90 Å². The minimum absolute atomic E-state index is 0.0486.